The molecular formula is C22H27F3N4O2S. The van der Waals surface area contributed by atoms with Gasteiger partial charge < -0.3 is 9.80 Å². The number of hydrogen-bond donors (Lipinski definition) is 0. The van der Waals surface area contributed by atoms with E-state index in [1.165, 1.54) is 28.5 Å². The van der Waals surface area contributed by atoms with Crippen LogP contribution in [-0.2, 0) is 24.4 Å². The van der Waals surface area contributed by atoms with Gasteiger partial charge in [-0.3, -0.25) is 14.2 Å². The van der Waals surface area contributed by atoms with Gasteiger partial charge in [0, 0.05) is 62.8 Å². The van der Waals surface area contributed by atoms with Gasteiger partial charge in [-0.05, 0) is 31.0 Å². The summed E-state index contributed by atoms with van der Waals surface area (Å²) in [5, 5.41) is 0.650. The first kappa shape index (κ1) is 24.2. The number of benzene rings is 1. The van der Waals surface area contributed by atoms with Crippen molar-refractivity contribution in [2.45, 2.75) is 37.5 Å². The minimum Gasteiger partial charge on any atom is -0.368 e. The number of carbonyl (C=O) groups excluding carboxylic acids is 1. The van der Waals surface area contributed by atoms with Crippen LogP contribution in [0.5, 0.6) is 0 Å². The maximum atomic E-state index is 12.9. The van der Waals surface area contributed by atoms with Gasteiger partial charge in [0.15, 0.2) is 5.16 Å². The van der Waals surface area contributed by atoms with Gasteiger partial charge in [-0.2, -0.15) is 13.2 Å². The largest absolute Gasteiger partial charge is 0.416 e. The minimum atomic E-state index is -4.37. The van der Waals surface area contributed by atoms with E-state index in [0.29, 0.717) is 62.0 Å². The molecule has 2 heterocycles. The SMILES string of the molecule is CCc1cc(=O)n(C)c(SCCCC(=O)N2CCN(c3cccc(C(F)(F)F)c3)CC2)n1. The molecule has 1 fully saturated rings. The fraction of sp³-hybridized carbons (Fsp3) is 0.500. The van der Waals surface area contributed by atoms with Crippen LogP contribution < -0.4 is 10.5 Å². The third-order valence-electron chi connectivity index (χ3n) is 5.45. The molecule has 0 bridgehead atoms. The molecule has 1 amide bonds. The van der Waals surface area contributed by atoms with Gasteiger partial charge in [0.05, 0.1) is 5.56 Å². The van der Waals surface area contributed by atoms with Crippen molar-refractivity contribution >= 4 is 23.4 Å². The number of nitrogens with zero attached hydrogens (tertiary/aromatic N) is 4. The van der Waals surface area contributed by atoms with Crippen LogP contribution in [0.25, 0.3) is 0 Å². The summed E-state index contributed by atoms with van der Waals surface area (Å²) in [6.07, 6.45) is -2.64. The summed E-state index contributed by atoms with van der Waals surface area (Å²) in [4.78, 5) is 32.6. The molecule has 0 radical (unpaired) electrons. The van der Waals surface area contributed by atoms with Crippen molar-refractivity contribution in [3.05, 3.63) is 51.9 Å². The molecule has 0 aliphatic carbocycles. The fourth-order valence-corrected chi connectivity index (χ4v) is 4.45. The van der Waals surface area contributed by atoms with Crippen molar-refractivity contribution in [2.24, 2.45) is 7.05 Å². The van der Waals surface area contributed by atoms with Gasteiger partial charge >= 0.3 is 6.18 Å². The quantitative estimate of drug-likeness (QED) is 0.353. The van der Waals surface area contributed by atoms with E-state index in [-0.39, 0.29) is 11.5 Å². The van der Waals surface area contributed by atoms with Crippen molar-refractivity contribution in [3.8, 4) is 0 Å². The van der Waals surface area contributed by atoms with E-state index in [1.54, 1.807) is 18.0 Å². The second-order valence-corrected chi connectivity index (χ2v) is 8.71. The lowest BCUT2D eigenvalue weighted by Gasteiger charge is -2.36. The Balaban J connectivity index is 1.45. The van der Waals surface area contributed by atoms with Crippen LogP contribution >= 0.6 is 11.8 Å². The number of carbonyl (C=O) groups is 1. The first-order valence-electron chi connectivity index (χ1n) is 10.6. The van der Waals surface area contributed by atoms with Crippen molar-refractivity contribution in [1.82, 2.24) is 14.5 Å². The number of hydrogen-bond acceptors (Lipinski definition) is 5. The maximum Gasteiger partial charge on any atom is 0.416 e. The number of aryl methyl sites for hydroxylation is 1. The monoisotopic (exact) mass is 468 g/mol. The first-order valence-corrected chi connectivity index (χ1v) is 11.6. The van der Waals surface area contributed by atoms with E-state index in [2.05, 4.69) is 4.98 Å². The second-order valence-electron chi connectivity index (χ2n) is 7.65. The summed E-state index contributed by atoms with van der Waals surface area (Å²) in [6, 6.07) is 6.83. The zero-order valence-corrected chi connectivity index (χ0v) is 19.0. The topological polar surface area (TPSA) is 58.4 Å². The Labute approximate surface area is 189 Å². The average molecular weight is 469 g/mol. The van der Waals surface area contributed by atoms with Crippen molar-refractivity contribution in [3.63, 3.8) is 0 Å². The van der Waals surface area contributed by atoms with E-state index >= 15 is 0 Å². The molecule has 0 atom stereocenters. The van der Waals surface area contributed by atoms with Crippen molar-refractivity contribution in [2.75, 3.05) is 36.8 Å². The van der Waals surface area contributed by atoms with Crippen LogP contribution in [0.3, 0.4) is 0 Å². The number of halogens is 3. The predicted octanol–water partition coefficient (Wildman–Crippen LogP) is 3.58. The van der Waals surface area contributed by atoms with Crippen LogP contribution in [0.2, 0.25) is 0 Å². The summed E-state index contributed by atoms with van der Waals surface area (Å²) in [5.74, 6) is 0.710. The van der Waals surface area contributed by atoms with E-state index in [9.17, 15) is 22.8 Å². The Hall–Kier alpha value is -2.49. The highest BCUT2D eigenvalue weighted by Gasteiger charge is 2.31. The fourth-order valence-electron chi connectivity index (χ4n) is 3.51. The molecule has 174 valence electrons. The summed E-state index contributed by atoms with van der Waals surface area (Å²) >= 11 is 1.46. The molecule has 6 nitrogen and oxygen atoms in total. The molecule has 0 N–H and O–H groups in total. The number of piperazine rings is 1. The molecule has 3 rings (SSSR count). The molecule has 1 aromatic heterocycles. The smallest absolute Gasteiger partial charge is 0.368 e. The van der Waals surface area contributed by atoms with Crippen LogP contribution in [0, 0.1) is 0 Å². The van der Waals surface area contributed by atoms with Gasteiger partial charge in [-0.1, -0.05) is 24.8 Å². The van der Waals surface area contributed by atoms with Gasteiger partial charge in [0.1, 0.15) is 0 Å². The van der Waals surface area contributed by atoms with Crippen molar-refractivity contribution < 1.29 is 18.0 Å². The second kappa shape index (κ2) is 10.4. The molecule has 1 aliphatic heterocycles. The Morgan fingerprint density at radius 1 is 1.16 bits per heavy atom. The van der Waals surface area contributed by atoms with E-state index < -0.39 is 11.7 Å². The predicted molar refractivity (Wildman–Crippen MR) is 119 cm³/mol. The number of amides is 1. The van der Waals surface area contributed by atoms with Crippen molar-refractivity contribution in [1.29, 1.82) is 0 Å². The van der Waals surface area contributed by atoms with Crippen LogP contribution in [0.4, 0.5) is 18.9 Å². The molecule has 1 aromatic carbocycles. The van der Waals surface area contributed by atoms with Crippen LogP contribution in [-0.4, -0.2) is 52.3 Å². The lowest BCUT2D eigenvalue weighted by atomic mass is 10.1. The molecule has 0 spiro atoms. The molecule has 1 saturated heterocycles. The molecule has 0 saturated carbocycles. The molecular weight excluding hydrogens is 441 g/mol. The zero-order chi connectivity index (χ0) is 23.3. The maximum absolute atomic E-state index is 12.9. The lowest BCUT2D eigenvalue weighted by molar-refractivity contribution is -0.137. The number of anilines is 1. The van der Waals surface area contributed by atoms with Gasteiger partial charge in [0.25, 0.3) is 5.56 Å². The molecule has 32 heavy (non-hydrogen) atoms. The van der Waals surface area contributed by atoms with Crippen LogP contribution in [0.15, 0.2) is 40.3 Å². The highest BCUT2D eigenvalue weighted by molar-refractivity contribution is 7.99. The number of thioether (sulfide) groups is 1. The Morgan fingerprint density at radius 3 is 2.53 bits per heavy atom. The van der Waals surface area contributed by atoms with Crippen LogP contribution in [0.1, 0.15) is 31.0 Å². The zero-order valence-electron chi connectivity index (χ0n) is 18.2. The standard InChI is InChI=1S/C22H27F3N4O2S/c1-3-17-15-20(31)27(2)21(26-17)32-13-5-8-19(30)29-11-9-28(10-12-29)18-7-4-6-16(14-18)22(23,24)25/h4,6-7,14-15H,3,5,8-13H2,1-2H3. The van der Waals surface area contributed by atoms with Gasteiger partial charge in [-0.25, -0.2) is 4.98 Å². The summed E-state index contributed by atoms with van der Waals surface area (Å²) in [7, 11) is 1.69. The minimum absolute atomic E-state index is 0.0402. The molecule has 2 aromatic rings. The normalized spacial score (nSPS) is 14.7. The Kier molecular flexibility index (Phi) is 7.86. The number of alkyl halides is 3. The molecule has 0 unspecified atom stereocenters. The Bertz CT molecular complexity index is 1000. The molecule has 10 heteroatoms. The third-order valence-corrected chi connectivity index (χ3v) is 6.56. The molecule has 1 aliphatic rings. The highest BCUT2D eigenvalue weighted by Crippen LogP contribution is 2.32. The van der Waals surface area contributed by atoms with Gasteiger partial charge in [-0.15, -0.1) is 0 Å². The average Bonchev–Trinajstić information content (AvgIpc) is 2.78. The third kappa shape index (κ3) is 6.05. The van der Waals surface area contributed by atoms with E-state index in [4.69, 9.17) is 0 Å². The van der Waals surface area contributed by atoms with E-state index in [0.717, 1.165) is 17.8 Å². The Morgan fingerprint density at radius 2 is 1.88 bits per heavy atom. The highest BCUT2D eigenvalue weighted by atomic mass is 32.2. The number of aromatic nitrogens is 2. The number of rotatable bonds is 7. The summed E-state index contributed by atoms with van der Waals surface area (Å²) < 4.78 is 40.3. The summed E-state index contributed by atoms with van der Waals surface area (Å²) in [6.45, 7) is 3.91. The van der Waals surface area contributed by atoms with Gasteiger partial charge in [0.2, 0.25) is 5.91 Å². The first-order chi connectivity index (χ1) is 15.2. The van der Waals surface area contributed by atoms with E-state index in [1.807, 2.05) is 11.8 Å². The lowest BCUT2D eigenvalue weighted by Crippen LogP contribution is -2.48. The summed E-state index contributed by atoms with van der Waals surface area (Å²) in [5.41, 5.74) is 0.526.